The topological polar surface area (TPSA) is 38.2 Å². The summed E-state index contributed by atoms with van der Waals surface area (Å²) in [5.74, 6) is 0.794. The van der Waals surface area contributed by atoms with Gasteiger partial charge in [-0.25, -0.2) is 4.98 Å². The van der Waals surface area contributed by atoms with E-state index >= 15 is 0 Å². The molecule has 3 aromatic carbocycles. The van der Waals surface area contributed by atoms with Gasteiger partial charge in [0.05, 0.1) is 35.0 Å². The lowest BCUT2D eigenvalue weighted by molar-refractivity contribution is 0.415. The zero-order chi connectivity index (χ0) is 20.8. The van der Waals surface area contributed by atoms with E-state index < -0.39 is 0 Å². The number of halogens is 1. The molecule has 0 amide bonds. The fourth-order valence-corrected chi connectivity index (χ4v) is 4.21. The van der Waals surface area contributed by atoms with Gasteiger partial charge >= 0.3 is 0 Å². The Kier molecular flexibility index (Phi) is 4.44. The first-order chi connectivity index (χ1) is 14.5. The summed E-state index contributed by atoms with van der Waals surface area (Å²) >= 11 is 6.28. The van der Waals surface area contributed by atoms with Crippen molar-refractivity contribution in [2.75, 3.05) is 19.1 Å². The van der Waals surface area contributed by atoms with Gasteiger partial charge in [-0.3, -0.25) is 4.98 Å². The van der Waals surface area contributed by atoms with Crippen LogP contribution in [0.1, 0.15) is 5.69 Å². The first kappa shape index (κ1) is 18.6. The minimum Gasteiger partial charge on any atom is -0.497 e. The highest BCUT2D eigenvalue weighted by molar-refractivity contribution is 6.31. The molecule has 4 nitrogen and oxygen atoms in total. The average molecular weight is 414 g/mol. The number of fused-ring (bicyclic) bond motifs is 3. The second-order valence-electron chi connectivity index (χ2n) is 7.36. The smallest absolute Gasteiger partial charge is 0.119 e. The second kappa shape index (κ2) is 7.15. The summed E-state index contributed by atoms with van der Waals surface area (Å²) in [5.41, 5.74) is 5.84. The largest absolute Gasteiger partial charge is 0.497 e. The second-order valence-corrected chi connectivity index (χ2v) is 7.80. The Bertz CT molecular complexity index is 1430. The van der Waals surface area contributed by atoms with Crippen molar-refractivity contribution in [1.82, 2.24) is 9.97 Å². The van der Waals surface area contributed by atoms with Crippen LogP contribution in [0.5, 0.6) is 5.75 Å². The summed E-state index contributed by atoms with van der Waals surface area (Å²) in [7, 11) is 3.77. The summed E-state index contributed by atoms with van der Waals surface area (Å²) in [6.07, 6.45) is 0. The van der Waals surface area contributed by atoms with Crippen molar-refractivity contribution < 1.29 is 4.74 Å². The maximum absolute atomic E-state index is 6.28. The minimum atomic E-state index is 0.668. The zero-order valence-corrected chi connectivity index (χ0v) is 17.7. The van der Waals surface area contributed by atoms with Gasteiger partial charge in [0, 0.05) is 33.9 Å². The van der Waals surface area contributed by atoms with Crippen molar-refractivity contribution in [3.05, 3.63) is 77.4 Å². The summed E-state index contributed by atoms with van der Waals surface area (Å²) in [6.45, 7) is 2.02. The molecule has 0 unspecified atom stereocenters. The number of anilines is 2. The SMILES string of the molecule is COc1ccc2nc3cc(Cl)ccc3c(N(C)c3cc(C)nc4ccccc34)c2c1. The first-order valence-electron chi connectivity index (χ1n) is 9.72. The number of benzene rings is 3. The number of aromatic nitrogens is 2. The molecule has 0 N–H and O–H groups in total. The van der Waals surface area contributed by atoms with Crippen LogP contribution in [0.3, 0.4) is 0 Å². The van der Waals surface area contributed by atoms with Gasteiger partial charge in [0.2, 0.25) is 0 Å². The quantitative estimate of drug-likeness (QED) is 0.309. The molecule has 148 valence electrons. The van der Waals surface area contributed by atoms with Gasteiger partial charge in [-0.1, -0.05) is 29.8 Å². The summed E-state index contributed by atoms with van der Waals surface area (Å²) in [5, 5.41) is 3.81. The van der Waals surface area contributed by atoms with E-state index in [-0.39, 0.29) is 0 Å². The van der Waals surface area contributed by atoms with Crippen LogP contribution in [0.4, 0.5) is 11.4 Å². The number of methoxy groups -OCH3 is 1. The van der Waals surface area contributed by atoms with Gasteiger partial charge < -0.3 is 9.64 Å². The molecule has 0 spiro atoms. The third-order valence-corrected chi connectivity index (χ3v) is 5.67. The van der Waals surface area contributed by atoms with Crippen molar-refractivity contribution in [3.63, 3.8) is 0 Å². The maximum atomic E-state index is 6.28. The molecule has 5 heteroatoms. The lowest BCUT2D eigenvalue weighted by Gasteiger charge is -2.25. The minimum absolute atomic E-state index is 0.668. The van der Waals surface area contributed by atoms with Crippen LogP contribution >= 0.6 is 11.6 Å². The van der Waals surface area contributed by atoms with Crippen LogP contribution in [-0.4, -0.2) is 24.1 Å². The van der Waals surface area contributed by atoms with Crippen molar-refractivity contribution in [3.8, 4) is 5.75 Å². The Morgan fingerprint density at radius 1 is 0.800 bits per heavy atom. The number of pyridine rings is 2. The fourth-order valence-electron chi connectivity index (χ4n) is 4.05. The molecule has 0 saturated carbocycles. The Balaban J connectivity index is 1.88. The number of ether oxygens (including phenoxy) is 1. The van der Waals surface area contributed by atoms with E-state index in [0.29, 0.717) is 5.02 Å². The van der Waals surface area contributed by atoms with Crippen molar-refractivity contribution in [2.24, 2.45) is 0 Å². The highest BCUT2D eigenvalue weighted by Crippen LogP contribution is 2.40. The molecule has 0 radical (unpaired) electrons. The molecule has 5 rings (SSSR count). The molecule has 0 saturated heterocycles. The number of rotatable bonds is 3. The molecule has 2 aromatic heterocycles. The van der Waals surface area contributed by atoms with Crippen LogP contribution in [-0.2, 0) is 0 Å². The highest BCUT2D eigenvalue weighted by atomic mass is 35.5. The molecule has 0 aliphatic rings. The predicted octanol–water partition coefficient (Wildman–Crippen LogP) is 6.67. The third-order valence-electron chi connectivity index (χ3n) is 5.43. The van der Waals surface area contributed by atoms with Gasteiger partial charge in [0.1, 0.15) is 5.75 Å². The van der Waals surface area contributed by atoms with Gasteiger partial charge in [-0.15, -0.1) is 0 Å². The van der Waals surface area contributed by atoms with Gasteiger partial charge in [0.15, 0.2) is 0 Å². The van der Waals surface area contributed by atoms with Crippen molar-refractivity contribution in [1.29, 1.82) is 0 Å². The molecule has 0 aliphatic heterocycles. The molecular weight excluding hydrogens is 394 g/mol. The maximum Gasteiger partial charge on any atom is 0.119 e. The van der Waals surface area contributed by atoms with E-state index in [1.165, 1.54) is 0 Å². The van der Waals surface area contributed by atoms with Gasteiger partial charge in [-0.05, 0) is 55.5 Å². The molecule has 0 atom stereocenters. The number of nitrogens with zero attached hydrogens (tertiary/aromatic N) is 3. The molecular formula is C25H20ClN3O. The molecule has 5 aromatic rings. The van der Waals surface area contributed by atoms with Crippen LogP contribution in [0.15, 0.2) is 66.7 Å². The third kappa shape index (κ3) is 3.01. The van der Waals surface area contributed by atoms with Crippen LogP contribution in [0.25, 0.3) is 32.7 Å². The van der Waals surface area contributed by atoms with E-state index in [2.05, 4.69) is 24.1 Å². The predicted molar refractivity (Wildman–Crippen MR) is 125 cm³/mol. The number of hydrogen-bond acceptors (Lipinski definition) is 4. The Hall–Kier alpha value is -3.37. The number of aryl methyl sites for hydroxylation is 1. The summed E-state index contributed by atoms with van der Waals surface area (Å²) in [4.78, 5) is 11.8. The average Bonchev–Trinajstić information content (AvgIpc) is 2.76. The van der Waals surface area contributed by atoms with E-state index in [4.69, 9.17) is 26.3 Å². The number of hydrogen-bond donors (Lipinski definition) is 0. The van der Waals surface area contributed by atoms with E-state index in [1.807, 2.05) is 61.5 Å². The molecule has 30 heavy (non-hydrogen) atoms. The molecule has 0 fully saturated rings. The summed E-state index contributed by atoms with van der Waals surface area (Å²) in [6, 6.07) is 22.1. The van der Waals surface area contributed by atoms with E-state index in [1.54, 1.807) is 7.11 Å². The zero-order valence-electron chi connectivity index (χ0n) is 17.0. The Morgan fingerprint density at radius 3 is 2.43 bits per heavy atom. The van der Waals surface area contributed by atoms with Gasteiger partial charge in [-0.2, -0.15) is 0 Å². The standard InChI is InChI=1S/C25H20ClN3O/c1-15-12-24(18-6-4-5-7-21(18)27-15)29(2)25-19-10-8-16(26)13-23(19)28-22-11-9-17(30-3)14-20(22)25/h4-14H,1-3H3. The molecule has 2 heterocycles. The van der Waals surface area contributed by atoms with Crippen LogP contribution < -0.4 is 9.64 Å². The van der Waals surface area contributed by atoms with Crippen LogP contribution in [0, 0.1) is 6.92 Å². The molecule has 0 bridgehead atoms. The normalized spacial score (nSPS) is 11.3. The van der Waals surface area contributed by atoms with E-state index in [9.17, 15) is 0 Å². The summed E-state index contributed by atoms with van der Waals surface area (Å²) < 4.78 is 5.51. The monoisotopic (exact) mass is 413 g/mol. The first-order valence-corrected chi connectivity index (χ1v) is 10.1. The lowest BCUT2D eigenvalue weighted by Crippen LogP contribution is -2.12. The Labute approximate surface area is 179 Å². The van der Waals surface area contributed by atoms with Gasteiger partial charge in [0.25, 0.3) is 0 Å². The highest BCUT2D eigenvalue weighted by Gasteiger charge is 2.18. The fraction of sp³-hybridized carbons (Fsp3) is 0.120. The molecule has 0 aliphatic carbocycles. The Morgan fingerprint density at radius 2 is 1.60 bits per heavy atom. The van der Waals surface area contributed by atoms with Crippen LogP contribution in [0.2, 0.25) is 5.02 Å². The number of para-hydroxylation sites is 1. The lowest BCUT2D eigenvalue weighted by atomic mass is 10.0. The van der Waals surface area contributed by atoms with E-state index in [0.717, 1.165) is 55.5 Å². The van der Waals surface area contributed by atoms with Crippen molar-refractivity contribution in [2.45, 2.75) is 6.92 Å². The van der Waals surface area contributed by atoms with Crippen molar-refractivity contribution >= 4 is 55.7 Å².